The average molecular weight is 403 g/mol. The summed E-state index contributed by atoms with van der Waals surface area (Å²) in [5.74, 6) is 0. The van der Waals surface area contributed by atoms with Crippen LogP contribution in [0.4, 0.5) is 0 Å². The number of aliphatic hydroxyl groups excluding tert-OH is 1. The first-order chi connectivity index (χ1) is 13.1. The topological polar surface area (TPSA) is 38.7 Å². The van der Waals surface area contributed by atoms with Crippen molar-refractivity contribution in [1.29, 1.82) is 0 Å². The van der Waals surface area contributed by atoms with Crippen molar-refractivity contribution in [2.75, 3.05) is 0 Å². The molecule has 1 N–H and O–H groups in total. The molecule has 1 aromatic rings. The highest BCUT2D eigenvalue weighted by atomic mass is 28.4. The minimum Gasteiger partial charge on any atom is -0.414 e. The second kappa shape index (κ2) is 10.0. The van der Waals surface area contributed by atoms with Gasteiger partial charge in [-0.2, -0.15) is 0 Å². The molecule has 1 saturated heterocycles. The molecule has 1 heterocycles. The van der Waals surface area contributed by atoms with Crippen molar-refractivity contribution in [1.82, 2.24) is 0 Å². The van der Waals surface area contributed by atoms with Crippen molar-refractivity contribution in [3.05, 3.63) is 54.6 Å². The van der Waals surface area contributed by atoms with Crippen molar-refractivity contribution in [3.63, 3.8) is 0 Å². The maximum atomic E-state index is 10.2. The van der Waals surface area contributed by atoms with Crippen LogP contribution in [0.3, 0.4) is 0 Å². The second-order valence-corrected chi connectivity index (χ2v) is 14.2. The quantitative estimate of drug-likeness (QED) is 0.430. The van der Waals surface area contributed by atoms with E-state index in [1.807, 2.05) is 18.2 Å². The molecule has 0 aromatic heterocycles. The van der Waals surface area contributed by atoms with Crippen LogP contribution in [0.25, 0.3) is 6.08 Å². The van der Waals surface area contributed by atoms with Crippen LogP contribution in [-0.4, -0.2) is 37.8 Å². The molecule has 1 fully saturated rings. The summed E-state index contributed by atoms with van der Waals surface area (Å²) in [6.45, 7) is 15.2. The summed E-state index contributed by atoms with van der Waals surface area (Å²) < 4.78 is 13.0. The molecule has 0 saturated carbocycles. The standard InChI is InChI=1S/C24H38O3Si/c1-7-11-20(25)16-22-18-23(27-28(5,6)24(2,3)4)17-21(26-22)15-14-19-12-9-8-10-13-19/h7-10,12-15,20-23,25H,1,11,16-18H2,2-6H3/b15-14+/t20-,21?,22?,23+/m0/s1. The summed E-state index contributed by atoms with van der Waals surface area (Å²) in [6, 6.07) is 10.3. The number of rotatable bonds is 8. The molecule has 28 heavy (non-hydrogen) atoms. The molecule has 1 aromatic carbocycles. The van der Waals surface area contributed by atoms with Crippen LogP contribution in [-0.2, 0) is 9.16 Å². The fourth-order valence-electron chi connectivity index (χ4n) is 3.35. The Morgan fingerprint density at radius 2 is 1.93 bits per heavy atom. The molecular weight excluding hydrogens is 364 g/mol. The van der Waals surface area contributed by atoms with E-state index in [-0.39, 0.29) is 23.4 Å². The summed E-state index contributed by atoms with van der Waals surface area (Å²) >= 11 is 0. The van der Waals surface area contributed by atoms with Gasteiger partial charge >= 0.3 is 0 Å². The van der Waals surface area contributed by atoms with Crippen molar-refractivity contribution in [3.8, 4) is 0 Å². The summed E-state index contributed by atoms with van der Waals surface area (Å²) in [5.41, 5.74) is 1.17. The lowest BCUT2D eigenvalue weighted by atomic mass is 9.96. The lowest BCUT2D eigenvalue weighted by Gasteiger charge is -2.43. The maximum Gasteiger partial charge on any atom is 0.192 e. The van der Waals surface area contributed by atoms with Crippen LogP contribution < -0.4 is 0 Å². The van der Waals surface area contributed by atoms with Gasteiger partial charge in [-0.25, -0.2) is 0 Å². The molecule has 3 nitrogen and oxygen atoms in total. The van der Waals surface area contributed by atoms with Gasteiger partial charge in [0.1, 0.15) is 0 Å². The zero-order chi connectivity index (χ0) is 20.8. The molecule has 0 aliphatic carbocycles. The average Bonchev–Trinajstić information content (AvgIpc) is 2.59. The van der Waals surface area contributed by atoms with Gasteiger partial charge in [-0.1, -0.05) is 69.3 Å². The molecule has 4 heteroatoms. The van der Waals surface area contributed by atoms with E-state index in [9.17, 15) is 5.11 Å². The Kier molecular flexibility index (Phi) is 8.26. The Morgan fingerprint density at radius 3 is 2.54 bits per heavy atom. The molecule has 0 radical (unpaired) electrons. The van der Waals surface area contributed by atoms with E-state index in [0.29, 0.717) is 12.8 Å². The molecule has 2 unspecified atom stereocenters. The van der Waals surface area contributed by atoms with Gasteiger partial charge in [0.25, 0.3) is 0 Å². The Labute approximate surface area is 172 Å². The second-order valence-electron chi connectivity index (χ2n) is 9.45. The van der Waals surface area contributed by atoms with Gasteiger partial charge in [-0.3, -0.25) is 0 Å². The molecule has 0 spiro atoms. The highest BCUT2D eigenvalue weighted by Crippen LogP contribution is 2.39. The number of ether oxygens (including phenoxy) is 1. The first-order valence-electron chi connectivity index (χ1n) is 10.5. The molecule has 0 bridgehead atoms. The number of hydrogen-bond donors (Lipinski definition) is 1. The molecule has 1 aliphatic heterocycles. The number of aliphatic hydroxyl groups is 1. The smallest absolute Gasteiger partial charge is 0.192 e. The third kappa shape index (κ3) is 7.00. The largest absolute Gasteiger partial charge is 0.414 e. The first kappa shape index (κ1) is 23.1. The zero-order valence-corrected chi connectivity index (χ0v) is 19.2. The van der Waals surface area contributed by atoms with Crippen LogP contribution in [0.2, 0.25) is 18.1 Å². The number of hydrogen-bond acceptors (Lipinski definition) is 3. The third-order valence-electron chi connectivity index (χ3n) is 5.93. The minimum atomic E-state index is -1.85. The van der Waals surface area contributed by atoms with Gasteiger partial charge in [0, 0.05) is 6.42 Å². The SMILES string of the molecule is C=CC[C@H](O)CC1C[C@H](O[Si](C)(C)C(C)(C)C)CC(/C=C/c2ccccc2)O1. The number of benzene rings is 1. The molecule has 0 amide bonds. The Bertz CT molecular complexity index is 633. The molecular formula is C24H38O3Si. The lowest BCUT2D eigenvalue weighted by Crippen LogP contribution is -2.47. The van der Waals surface area contributed by atoms with Crippen LogP contribution in [0.15, 0.2) is 49.1 Å². The van der Waals surface area contributed by atoms with E-state index in [4.69, 9.17) is 9.16 Å². The van der Waals surface area contributed by atoms with E-state index in [1.165, 1.54) is 5.56 Å². The van der Waals surface area contributed by atoms with Gasteiger partial charge in [0.15, 0.2) is 8.32 Å². The molecule has 1 aliphatic rings. The van der Waals surface area contributed by atoms with E-state index in [2.05, 4.69) is 64.7 Å². The summed E-state index contributed by atoms with van der Waals surface area (Å²) in [6.07, 6.45) is 8.73. The van der Waals surface area contributed by atoms with E-state index >= 15 is 0 Å². The molecule has 2 rings (SSSR count). The maximum absolute atomic E-state index is 10.2. The van der Waals surface area contributed by atoms with Crippen LogP contribution in [0.1, 0.15) is 52.0 Å². The fraction of sp³-hybridized carbons (Fsp3) is 0.583. The lowest BCUT2D eigenvalue weighted by molar-refractivity contribution is -0.0862. The highest BCUT2D eigenvalue weighted by molar-refractivity contribution is 6.74. The zero-order valence-electron chi connectivity index (χ0n) is 18.2. The predicted molar refractivity (Wildman–Crippen MR) is 121 cm³/mol. The summed E-state index contributed by atoms with van der Waals surface area (Å²) in [5, 5.41) is 10.4. The van der Waals surface area contributed by atoms with Crippen molar-refractivity contribution in [2.24, 2.45) is 0 Å². The monoisotopic (exact) mass is 402 g/mol. The van der Waals surface area contributed by atoms with Crippen LogP contribution >= 0.6 is 0 Å². The van der Waals surface area contributed by atoms with Crippen LogP contribution in [0, 0.1) is 0 Å². The highest BCUT2D eigenvalue weighted by Gasteiger charge is 2.41. The van der Waals surface area contributed by atoms with Gasteiger partial charge in [0.05, 0.1) is 24.4 Å². The van der Waals surface area contributed by atoms with Gasteiger partial charge in [-0.15, -0.1) is 6.58 Å². The first-order valence-corrected chi connectivity index (χ1v) is 13.4. The van der Waals surface area contributed by atoms with Gasteiger partial charge in [0.2, 0.25) is 0 Å². The molecule has 156 valence electrons. The van der Waals surface area contributed by atoms with Crippen molar-refractivity contribution < 1.29 is 14.3 Å². The molecule has 4 atom stereocenters. The van der Waals surface area contributed by atoms with E-state index < -0.39 is 14.4 Å². The third-order valence-corrected chi connectivity index (χ3v) is 10.5. The van der Waals surface area contributed by atoms with Gasteiger partial charge < -0.3 is 14.3 Å². The van der Waals surface area contributed by atoms with Gasteiger partial charge in [-0.05, 0) is 43.0 Å². The predicted octanol–water partition coefficient (Wildman–Crippen LogP) is 5.96. The Morgan fingerprint density at radius 1 is 1.25 bits per heavy atom. The van der Waals surface area contributed by atoms with Crippen LogP contribution in [0.5, 0.6) is 0 Å². The summed E-state index contributed by atoms with van der Waals surface area (Å²) in [7, 11) is -1.85. The van der Waals surface area contributed by atoms with Crippen molar-refractivity contribution >= 4 is 14.4 Å². The Balaban J connectivity index is 2.11. The van der Waals surface area contributed by atoms with E-state index in [0.717, 1.165) is 12.8 Å². The Hall–Kier alpha value is -1.20. The van der Waals surface area contributed by atoms with Crippen molar-refractivity contribution in [2.45, 2.75) is 89.0 Å². The minimum absolute atomic E-state index is 0.00360. The fourth-order valence-corrected chi connectivity index (χ4v) is 4.73. The van der Waals surface area contributed by atoms with E-state index in [1.54, 1.807) is 6.08 Å². The summed E-state index contributed by atoms with van der Waals surface area (Å²) in [4.78, 5) is 0. The normalized spacial score (nSPS) is 25.0.